The van der Waals surface area contributed by atoms with Gasteiger partial charge in [-0.1, -0.05) is 20.4 Å². The van der Waals surface area contributed by atoms with Gasteiger partial charge in [-0.3, -0.25) is 15.0 Å². The minimum atomic E-state index is -4.53. The lowest BCUT2D eigenvalue weighted by Gasteiger charge is -2.60. The number of alkyl halides is 5. The fourth-order valence-corrected chi connectivity index (χ4v) is 9.73. The fourth-order valence-electron chi connectivity index (χ4n) is 9.73. The van der Waals surface area contributed by atoms with Crippen molar-refractivity contribution in [2.45, 2.75) is 126 Å². The van der Waals surface area contributed by atoms with Crippen LogP contribution in [0.5, 0.6) is 0 Å². The van der Waals surface area contributed by atoms with E-state index in [9.17, 15) is 22.8 Å². The smallest absolute Gasteiger partial charge is 0.378 e. The van der Waals surface area contributed by atoms with E-state index in [1.807, 2.05) is 4.90 Å². The summed E-state index contributed by atoms with van der Waals surface area (Å²) in [4.78, 5) is 31.7. The first-order valence-electron chi connectivity index (χ1n) is 17.6. The summed E-state index contributed by atoms with van der Waals surface area (Å²) in [6.07, 6.45) is -5.58. The molecule has 14 heteroatoms. The Bertz CT molecular complexity index is 1150. The number of amides is 3. The van der Waals surface area contributed by atoms with Crippen LogP contribution in [0.15, 0.2) is 12.7 Å². The maximum absolute atomic E-state index is 16.6. The molecule has 47 heavy (non-hydrogen) atoms. The molecule has 5 aliphatic heterocycles. The van der Waals surface area contributed by atoms with Crippen LogP contribution in [-0.2, 0) is 9.53 Å². The lowest BCUT2D eigenvalue weighted by molar-refractivity contribution is -0.166. The predicted molar refractivity (Wildman–Crippen MR) is 166 cm³/mol. The fraction of sp³-hybridized carbons (Fsp3) is 0.879. The summed E-state index contributed by atoms with van der Waals surface area (Å²) in [5.74, 6) is -1.54. The Morgan fingerprint density at radius 1 is 1.09 bits per heavy atom. The number of piperidine rings is 2. The lowest BCUT2D eigenvalue weighted by Crippen LogP contribution is -2.80. The molecule has 5 heterocycles. The molecule has 6 rings (SSSR count). The van der Waals surface area contributed by atoms with Crippen LogP contribution in [0.4, 0.5) is 26.7 Å². The van der Waals surface area contributed by atoms with Gasteiger partial charge in [0.2, 0.25) is 5.91 Å². The van der Waals surface area contributed by atoms with Gasteiger partial charge in [0.25, 0.3) is 0 Å². The van der Waals surface area contributed by atoms with Crippen LogP contribution in [0.3, 0.4) is 0 Å². The van der Waals surface area contributed by atoms with Gasteiger partial charge in [0.15, 0.2) is 0 Å². The molecule has 6 aliphatic rings. The van der Waals surface area contributed by atoms with E-state index in [2.05, 4.69) is 36.4 Å². The summed E-state index contributed by atoms with van der Waals surface area (Å²) in [5.41, 5.74) is 0. The molecule has 2 bridgehead atoms. The van der Waals surface area contributed by atoms with Gasteiger partial charge in [0.1, 0.15) is 12.3 Å². The first-order chi connectivity index (χ1) is 22.4. The number of urea groups is 1. The van der Waals surface area contributed by atoms with E-state index in [0.29, 0.717) is 25.9 Å². The van der Waals surface area contributed by atoms with Crippen LogP contribution in [0.2, 0.25) is 0 Å². The van der Waals surface area contributed by atoms with Crippen molar-refractivity contribution in [2.75, 3.05) is 32.8 Å². The number of nitrogens with one attached hydrogen (secondary N) is 3. The number of hydrogen-bond acceptors (Lipinski definition) is 6. The van der Waals surface area contributed by atoms with Crippen LogP contribution in [0.25, 0.3) is 0 Å². The average molecular weight is 675 g/mol. The number of ether oxygens (including phenoxy) is 1. The molecule has 1 saturated carbocycles. The summed E-state index contributed by atoms with van der Waals surface area (Å²) in [6.45, 7) is 8.95. The van der Waals surface area contributed by atoms with Crippen LogP contribution in [0, 0.1) is 23.7 Å². The zero-order valence-electron chi connectivity index (χ0n) is 27.4. The summed E-state index contributed by atoms with van der Waals surface area (Å²) in [7, 11) is 0. The van der Waals surface area contributed by atoms with E-state index in [-0.39, 0.29) is 50.0 Å². The number of rotatable bonds is 4. The van der Waals surface area contributed by atoms with Crippen molar-refractivity contribution in [3.63, 3.8) is 0 Å². The van der Waals surface area contributed by atoms with E-state index in [1.54, 1.807) is 4.90 Å². The van der Waals surface area contributed by atoms with Gasteiger partial charge >= 0.3 is 12.2 Å². The van der Waals surface area contributed by atoms with Gasteiger partial charge in [-0.05, 0) is 69.4 Å². The molecular weight excluding hydrogens is 623 g/mol. The molecule has 0 aromatic rings. The molecule has 3 amide bonds. The van der Waals surface area contributed by atoms with Crippen molar-refractivity contribution in [2.24, 2.45) is 23.7 Å². The lowest BCUT2D eigenvalue weighted by atomic mass is 9.72. The first kappa shape index (κ1) is 34.8. The van der Waals surface area contributed by atoms with Gasteiger partial charge in [-0.2, -0.15) is 13.2 Å². The Hall–Kier alpha value is -2.03. The van der Waals surface area contributed by atoms with Gasteiger partial charge in [-0.15, -0.1) is 0 Å². The molecule has 9 nitrogen and oxygen atoms in total. The van der Waals surface area contributed by atoms with Gasteiger partial charge in [0.05, 0.1) is 30.9 Å². The minimum absolute atomic E-state index is 0.0541. The van der Waals surface area contributed by atoms with E-state index in [4.69, 9.17) is 4.74 Å². The molecule has 0 radical (unpaired) electrons. The summed E-state index contributed by atoms with van der Waals surface area (Å²) < 4.78 is 80.6. The number of nitrogens with zero attached hydrogens (tertiary/aromatic N) is 3. The molecule has 266 valence electrons. The largest absolute Gasteiger partial charge is 0.390 e. The third-order valence-electron chi connectivity index (χ3n) is 11.8. The molecule has 12 unspecified atom stereocenters. The van der Waals surface area contributed by atoms with Crippen molar-refractivity contribution >= 4 is 11.9 Å². The maximum Gasteiger partial charge on any atom is 0.390 e. The average Bonchev–Trinajstić information content (AvgIpc) is 3.01. The molecule has 6 fully saturated rings. The quantitative estimate of drug-likeness (QED) is 0.310. The zero-order valence-corrected chi connectivity index (χ0v) is 27.4. The molecule has 0 spiro atoms. The molecular formula is C33H51F5N6O3. The highest BCUT2D eigenvalue weighted by Gasteiger charge is 2.58. The highest BCUT2D eigenvalue weighted by atomic mass is 19.4. The van der Waals surface area contributed by atoms with Crippen molar-refractivity contribution in [1.82, 2.24) is 30.7 Å². The Morgan fingerprint density at radius 2 is 1.87 bits per heavy atom. The van der Waals surface area contributed by atoms with Crippen molar-refractivity contribution in [1.29, 1.82) is 0 Å². The van der Waals surface area contributed by atoms with E-state index >= 15 is 8.78 Å². The number of hydrogen-bond donors (Lipinski definition) is 3. The Morgan fingerprint density at radius 3 is 2.60 bits per heavy atom. The third-order valence-corrected chi connectivity index (χ3v) is 11.8. The van der Waals surface area contributed by atoms with Crippen LogP contribution >= 0.6 is 0 Å². The normalized spacial score (nSPS) is 42.0. The van der Waals surface area contributed by atoms with Crippen molar-refractivity contribution in [3.8, 4) is 0 Å². The van der Waals surface area contributed by atoms with Crippen LogP contribution in [0.1, 0.15) is 65.2 Å². The molecule has 3 N–H and O–H groups in total. The monoisotopic (exact) mass is 674 g/mol. The maximum atomic E-state index is 16.6. The molecule has 0 aromatic carbocycles. The Labute approximate surface area is 274 Å². The van der Waals surface area contributed by atoms with E-state index in [0.717, 1.165) is 31.9 Å². The number of carbonyl (C=O) groups excluding carboxylic acids is 2. The van der Waals surface area contributed by atoms with Crippen molar-refractivity contribution in [3.05, 3.63) is 12.7 Å². The number of halogens is 5. The molecule has 12 atom stereocenters. The number of carbonyl (C=O) groups is 2. The first-order valence-corrected chi connectivity index (χ1v) is 17.6. The second-order valence-corrected chi connectivity index (χ2v) is 14.9. The van der Waals surface area contributed by atoms with E-state index < -0.39 is 79.2 Å². The molecule has 0 aromatic heterocycles. The highest BCUT2D eigenvalue weighted by Crippen LogP contribution is 2.44. The third kappa shape index (κ3) is 7.03. The summed E-state index contributed by atoms with van der Waals surface area (Å²) >= 11 is 0. The zero-order chi connectivity index (χ0) is 33.6. The summed E-state index contributed by atoms with van der Waals surface area (Å²) in [5, 5.41) is 10.1. The molecule has 5 saturated heterocycles. The van der Waals surface area contributed by atoms with Gasteiger partial charge in [-0.25, -0.2) is 13.6 Å². The summed E-state index contributed by atoms with van der Waals surface area (Å²) in [6, 6.07) is -2.80. The van der Waals surface area contributed by atoms with Gasteiger partial charge in [0, 0.05) is 56.2 Å². The highest BCUT2D eigenvalue weighted by molar-refractivity contribution is 5.87. The van der Waals surface area contributed by atoms with Gasteiger partial charge < -0.3 is 25.2 Å². The number of fused-ring (bicyclic) bond motifs is 5. The van der Waals surface area contributed by atoms with Crippen LogP contribution in [-0.4, -0.2) is 121 Å². The van der Waals surface area contributed by atoms with E-state index in [1.165, 1.54) is 4.90 Å². The topological polar surface area (TPSA) is 89.2 Å². The predicted octanol–water partition coefficient (Wildman–Crippen LogP) is 3.95. The second kappa shape index (κ2) is 14.1. The van der Waals surface area contributed by atoms with Crippen LogP contribution < -0.4 is 16.0 Å². The standard InChI is InChI=1S/C33H51F5N6O3/c1-4-25(45)42-12-13-43(20(17-42)16-33(36,37)38)30-21-15-23(35)28-26-22(34)8-5-9-24(26)47-14-6-7-19-10-11-39-27(18(2)3)29(19)44(31(21)40-28)32(46)41-30/h4,18-24,26-31,39-40H,1,5-17H2,2-3H3,(H,41,46). The van der Waals surface area contributed by atoms with Crippen molar-refractivity contribution < 1.29 is 36.3 Å². The Balaban J connectivity index is 1.40. The SMILES string of the molecule is C=CC(=O)N1CCN(C2NC(=O)N3C4NC(C(F)CC24)C2C(F)CCCC2OCCCC2CCNC(C(C)C)C23)C(CC(F)(F)F)C1. The number of piperazine rings is 1. The minimum Gasteiger partial charge on any atom is -0.378 e. The Kier molecular flexibility index (Phi) is 10.4. The molecule has 1 aliphatic carbocycles. The second-order valence-electron chi connectivity index (χ2n) is 14.9.